The van der Waals surface area contributed by atoms with Crippen molar-refractivity contribution in [2.24, 2.45) is 5.92 Å². The monoisotopic (exact) mass is 224 g/mol. The molecule has 1 aliphatic rings. The molecular formula is C17H20. The molecule has 0 N–H and O–H groups in total. The summed E-state index contributed by atoms with van der Waals surface area (Å²) < 4.78 is 0. The average Bonchev–Trinajstić information content (AvgIpc) is 3.15. The summed E-state index contributed by atoms with van der Waals surface area (Å²) in [6.45, 7) is 2.29. The first-order valence-corrected chi connectivity index (χ1v) is 6.87. The minimum Gasteiger partial charge on any atom is -0.0654 e. The van der Waals surface area contributed by atoms with E-state index in [-0.39, 0.29) is 0 Å². The molecule has 17 heavy (non-hydrogen) atoms. The molecule has 0 nitrogen and oxygen atoms in total. The molecule has 0 heterocycles. The van der Waals surface area contributed by atoms with E-state index < -0.39 is 0 Å². The average molecular weight is 224 g/mol. The van der Waals surface area contributed by atoms with Gasteiger partial charge < -0.3 is 0 Å². The van der Waals surface area contributed by atoms with E-state index in [2.05, 4.69) is 49.4 Å². The van der Waals surface area contributed by atoms with Crippen molar-refractivity contribution >= 4 is 10.8 Å². The van der Waals surface area contributed by atoms with Gasteiger partial charge in [-0.1, -0.05) is 62.2 Å². The lowest BCUT2D eigenvalue weighted by Gasteiger charge is -2.03. The normalized spacial score (nSPS) is 22.9. The number of hydrogen-bond acceptors (Lipinski definition) is 0. The molecule has 2 aromatic carbocycles. The summed E-state index contributed by atoms with van der Waals surface area (Å²) in [5.41, 5.74) is 1.56. The molecule has 0 bridgehead atoms. The third-order valence-electron chi connectivity index (χ3n) is 4.05. The molecule has 0 radical (unpaired) electrons. The Morgan fingerprint density at radius 2 is 1.88 bits per heavy atom. The predicted molar refractivity (Wildman–Crippen MR) is 74.3 cm³/mol. The van der Waals surface area contributed by atoms with Gasteiger partial charge in [-0.25, -0.2) is 0 Å². The second kappa shape index (κ2) is 4.52. The summed E-state index contributed by atoms with van der Waals surface area (Å²) in [6, 6.07) is 15.7. The van der Waals surface area contributed by atoms with Gasteiger partial charge in [0, 0.05) is 0 Å². The van der Waals surface area contributed by atoms with Crippen LogP contribution in [0.3, 0.4) is 0 Å². The molecule has 88 valence electrons. The Morgan fingerprint density at radius 3 is 2.71 bits per heavy atom. The Kier molecular flexibility index (Phi) is 2.88. The predicted octanol–water partition coefficient (Wildman–Crippen LogP) is 5.13. The molecule has 0 spiro atoms. The van der Waals surface area contributed by atoms with Gasteiger partial charge in [-0.3, -0.25) is 0 Å². The van der Waals surface area contributed by atoms with Crippen LogP contribution < -0.4 is 0 Å². The maximum absolute atomic E-state index is 2.39. The van der Waals surface area contributed by atoms with Gasteiger partial charge in [-0.15, -0.1) is 0 Å². The molecule has 0 unspecified atom stereocenters. The molecule has 0 aliphatic heterocycles. The van der Waals surface area contributed by atoms with E-state index in [1.807, 2.05) is 0 Å². The Morgan fingerprint density at radius 1 is 1.06 bits per heavy atom. The van der Waals surface area contributed by atoms with Gasteiger partial charge in [0.1, 0.15) is 0 Å². The Labute approximate surface area is 104 Å². The molecule has 2 aromatic rings. The second-order valence-electron chi connectivity index (χ2n) is 5.35. The van der Waals surface area contributed by atoms with Crippen molar-refractivity contribution < 1.29 is 0 Å². The van der Waals surface area contributed by atoms with E-state index in [0.29, 0.717) is 0 Å². The SMILES string of the molecule is CCCC[C@@H]1C[C@H]1c1ccc2ccccc2c1. The smallest absolute Gasteiger partial charge is 0.0130 e. The summed E-state index contributed by atoms with van der Waals surface area (Å²) in [5.74, 6) is 1.82. The van der Waals surface area contributed by atoms with Gasteiger partial charge in [-0.05, 0) is 41.0 Å². The maximum atomic E-state index is 2.39. The van der Waals surface area contributed by atoms with Gasteiger partial charge in [0.15, 0.2) is 0 Å². The van der Waals surface area contributed by atoms with Crippen LogP contribution in [0.2, 0.25) is 0 Å². The van der Waals surface area contributed by atoms with Crippen LogP contribution >= 0.6 is 0 Å². The Balaban J connectivity index is 1.78. The zero-order valence-electron chi connectivity index (χ0n) is 10.5. The van der Waals surface area contributed by atoms with Crippen molar-refractivity contribution in [2.75, 3.05) is 0 Å². The van der Waals surface area contributed by atoms with Crippen LogP contribution in [0, 0.1) is 5.92 Å². The highest BCUT2D eigenvalue weighted by Crippen LogP contribution is 2.50. The largest absolute Gasteiger partial charge is 0.0654 e. The fourth-order valence-corrected chi connectivity index (χ4v) is 2.88. The Hall–Kier alpha value is -1.30. The summed E-state index contributed by atoms with van der Waals surface area (Å²) >= 11 is 0. The molecule has 1 fully saturated rings. The fraction of sp³-hybridized carbons (Fsp3) is 0.412. The van der Waals surface area contributed by atoms with E-state index in [0.717, 1.165) is 11.8 Å². The minimum absolute atomic E-state index is 0.853. The van der Waals surface area contributed by atoms with Crippen LogP contribution in [0.15, 0.2) is 42.5 Å². The number of fused-ring (bicyclic) bond motifs is 1. The van der Waals surface area contributed by atoms with E-state index in [9.17, 15) is 0 Å². The lowest BCUT2D eigenvalue weighted by Crippen LogP contribution is -1.85. The Bertz CT molecular complexity index is 512. The highest BCUT2D eigenvalue weighted by atomic mass is 14.4. The van der Waals surface area contributed by atoms with Crippen LogP contribution in [-0.4, -0.2) is 0 Å². The molecule has 1 saturated carbocycles. The summed E-state index contributed by atoms with van der Waals surface area (Å²) in [4.78, 5) is 0. The van der Waals surface area contributed by atoms with Crippen LogP contribution in [0.5, 0.6) is 0 Å². The topological polar surface area (TPSA) is 0 Å². The first-order valence-electron chi connectivity index (χ1n) is 6.87. The number of unbranched alkanes of at least 4 members (excludes halogenated alkanes) is 1. The fourth-order valence-electron chi connectivity index (χ4n) is 2.88. The van der Waals surface area contributed by atoms with Gasteiger partial charge in [0.25, 0.3) is 0 Å². The quantitative estimate of drug-likeness (QED) is 0.675. The van der Waals surface area contributed by atoms with E-state index in [1.165, 1.54) is 36.5 Å². The summed E-state index contributed by atoms with van der Waals surface area (Å²) in [6.07, 6.45) is 5.57. The van der Waals surface area contributed by atoms with Gasteiger partial charge in [0.05, 0.1) is 0 Å². The van der Waals surface area contributed by atoms with Crippen LogP contribution in [0.4, 0.5) is 0 Å². The van der Waals surface area contributed by atoms with Crippen LogP contribution in [0.1, 0.15) is 44.1 Å². The first kappa shape index (κ1) is 10.8. The molecule has 0 amide bonds. The van der Waals surface area contributed by atoms with Gasteiger partial charge >= 0.3 is 0 Å². The number of hydrogen-bond donors (Lipinski definition) is 0. The third kappa shape index (κ3) is 2.22. The van der Waals surface area contributed by atoms with Gasteiger partial charge in [-0.2, -0.15) is 0 Å². The zero-order chi connectivity index (χ0) is 11.7. The molecule has 2 atom stereocenters. The highest BCUT2D eigenvalue weighted by Gasteiger charge is 2.37. The van der Waals surface area contributed by atoms with Crippen molar-refractivity contribution in [3.63, 3.8) is 0 Å². The molecule has 0 saturated heterocycles. The second-order valence-corrected chi connectivity index (χ2v) is 5.35. The van der Waals surface area contributed by atoms with Crippen molar-refractivity contribution in [1.82, 2.24) is 0 Å². The summed E-state index contributed by atoms with van der Waals surface area (Å²) in [5, 5.41) is 2.76. The van der Waals surface area contributed by atoms with E-state index >= 15 is 0 Å². The first-order chi connectivity index (χ1) is 8.38. The maximum Gasteiger partial charge on any atom is -0.0130 e. The van der Waals surface area contributed by atoms with E-state index in [1.54, 1.807) is 5.56 Å². The molecule has 1 aliphatic carbocycles. The van der Waals surface area contributed by atoms with Crippen LogP contribution in [-0.2, 0) is 0 Å². The van der Waals surface area contributed by atoms with Crippen LogP contribution in [0.25, 0.3) is 10.8 Å². The number of benzene rings is 2. The van der Waals surface area contributed by atoms with Crippen molar-refractivity contribution in [2.45, 2.75) is 38.5 Å². The molecule has 0 aromatic heterocycles. The zero-order valence-corrected chi connectivity index (χ0v) is 10.5. The lowest BCUT2D eigenvalue weighted by atomic mass is 10.0. The molecule has 0 heteroatoms. The van der Waals surface area contributed by atoms with Crippen molar-refractivity contribution in [1.29, 1.82) is 0 Å². The third-order valence-corrected chi connectivity index (χ3v) is 4.05. The summed E-state index contributed by atoms with van der Waals surface area (Å²) in [7, 11) is 0. The minimum atomic E-state index is 0.853. The highest BCUT2D eigenvalue weighted by molar-refractivity contribution is 5.83. The standard InChI is InChI=1S/C17H20/c1-2-3-6-15-12-17(15)16-10-9-13-7-4-5-8-14(13)11-16/h4-5,7-11,15,17H,2-3,6,12H2,1H3/t15-,17-/m1/s1. The lowest BCUT2D eigenvalue weighted by molar-refractivity contribution is 0.640. The van der Waals surface area contributed by atoms with Crippen molar-refractivity contribution in [3.05, 3.63) is 48.0 Å². The molecule has 3 rings (SSSR count). The van der Waals surface area contributed by atoms with Crippen molar-refractivity contribution in [3.8, 4) is 0 Å². The van der Waals surface area contributed by atoms with E-state index in [4.69, 9.17) is 0 Å². The number of rotatable bonds is 4. The molecular weight excluding hydrogens is 204 g/mol. The van der Waals surface area contributed by atoms with Gasteiger partial charge in [0.2, 0.25) is 0 Å².